The summed E-state index contributed by atoms with van der Waals surface area (Å²) < 4.78 is 0. The van der Waals surface area contributed by atoms with E-state index in [1.54, 1.807) is 9.80 Å². The quantitative estimate of drug-likeness (QED) is 0.725. The number of nitrogens with zero attached hydrogens (tertiary/aromatic N) is 2. The van der Waals surface area contributed by atoms with Crippen LogP contribution in [0.3, 0.4) is 0 Å². The average Bonchev–Trinajstić information content (AvgIpc) is 3.47. The van der Waals surface area contributed by atoms with Crippen LogP contribution in [0.2, 0.25) is 0 Å². The first-order valence-electron chi connectivity index (χ1n) is 10.9. The van der Waals surface area contributed by atoms with E-state index in [0.29, 0.717) is 24.2 Å². The third kappa shape index (κ3) is 3.80. The molecule has 0 bridgehead atoms. The summed E-state index contributed by atoms with van der Waals surface area (Å²) in [6.07, 6.45) is 2.59. The van der Waals surface area contributed by atoms with Gasteiger partial charge in [0.1, 0.15) is 6.04 Å². The molecule has 1 aromatic carbocycles. The first-order valence-corrected chi connectivity index (χ1v) is 10.9. The first kappa shape index (κ1) is 20.4. The second kappa shape index (κ2) is 8.13. The fourth-order valence-electron chi connectivity index (χ4n) is 4.34. The van der Waals surface area contributed by atoms with Crippen LogP contribution in [0.5, 0.6) is 0 Å². The average molecular weight is 411 g/mol. The molecule has 1 fully saturated rings. The van der Waals surface area contributed by atoms with Crippen molar-refractivity contribution in [1.29, 1.82) is 0 Å². The normalized spacial score (nSPS) is 22.3. The van der Waals surface area contributed by atoms with E-state index in [1.165, 1.54) is 0 Å². The van der Waals surface area contributed by atoms with Gasteiger partial charge in [0.2, 0.25) is 5.91 Å². The number of carbonyl (C=O) groups excluding carboxylic acids is 3. The second-order valence-electron chi connectivity index (χ2n) is 8.76. The van der Waals surface area contributed by atoms with Gasteiger partial charge in [0.05, 0.1) is 23.9 Å². The van der Waals surface area contributed by atoms with Crippen molar-refractivity contribution >= 4 is 17.8 Å². The Hall–Kier alpha value is -2.83. The van der Waals surface area contributed by atoms with E-state index in [9.17, 15) is 14.4 Å². The minimum absolute atomic E-state index is 0.0852. The van der Waals surface area contributed by atoms with Gasteiger partial charge in [0, 0.05) is 12.6 Å². The van der Waals surface area contributed by atoms with Gasteiger partial charge in [-0.1, -0.05) is 44.2 Å². The van der Waals surface area contributed by atoms with Crippen LogP contribution in [0.1, 0.15) is 51.6 Å². The van der Waals surface area contributed by atoms with Crippen molar-refractivity contribution in [3.8, 4) is 0 Å². The summed E-state index contributed by atoms with van der Waals surface area (Å²) in [5, 5.41) is 6.06. The van der Waals surface area contributed by atoms with Gasteiger partial charge >= 0.3 is 6.03 Å². The number of hydrogen-bond donors (Lipinski definition) is 2. The second-order valence-corrected chi connectivity index (χ2v) is 8.76. The molecule has 4 rings (SSSR count). The summed E-state index contributed by atoms with van der Waals surface area (Å²) in [5.74, 6) is 0.0178. The maximum Gasteiger partial charge on any atom is 0.322 e. The molecule has 2 heterocycles. The molecule has 7 heteroatoms. The van der Waals surface area contributed by atoms with Crippen LogP contribution in [0, 0.1) is 5.92 Å². The highest BCUT2D eigenvalue weighted by Gasteiger charge is 2.47. The van der Waals surface area contributed by atoms with Crippen LogP contribution in [0.25, 0.3) is 0 Å². The van der Waals surface area contributed by atoms with Crippen LogP contribution in [-0.2, 0) is 9.59 Å². The zero-order valence-electron chi connectivity index (χ0n) is 17.9. The van der Waals surface area contributed by atoms with Gasteiger partial charge in [-0.05, 0) is 37.7 Å². The lowest BCUT2D eigenvalue weighted by Crippen LogP contribution is -2.49. The Labute approximate surface area is 177 Å². The number of likely N-dealkylation sites (N-methyl/N-ethyl adjacent to an activating group) is 1. The Morgan fingerprint density at radius 3 is 2.50 bits per heavy atom. The highest BCUT2D eigenvalue weighted by atomic mass is 16.2. The molecule has 1 aromatic rings. The Kier molecular flexibility index (Phi) is 5.54. The molecule has 0 aromatic heterocycles. The van der Waals surface area contributed by atoms with Gasteiger partial charge in [0.15, 0.2) is 0 Å². The molecule has 0 spiro atoms. The zero-order valence-corrected chi connectivity index (χ0v) is 17.9. The number of carbonyl (C=O) groups is 3. The van der Waals surface area contributed by atoms with Gasteiger partial charge in [-0.15, -0.1) is 0 Å². The SMILES string of the molecule is CCN1C(=O)N[C@H](c2ccccc2)C2=C1CN([C@H](CC(C)C)C(=O)NC1CC1)C2=O. The third-order valence-electron chi connectivity index (χ3n) is 6.00. The highest BCUT2D eigenvalue weighted by Crippen LogP contribution is 2.37. The molecule has 30 heavy (non-hydrogen) atoms. The maximum atomic E-state index is 13.6. The maximum absolute atomic E-state index is 13.6. The molecule has 2 N–H and O–H groups in total. The molecule has 1 saturated carbocycles. The summed E-state index contributed by atoms with van der Waals surface area (Å²) in [6.45, 7) is 6.76. The van der Waals surface area contributed by atoms with E-state index in [4.69, 9.17) is 0 Å². The van der Waals surface area contributed by atoms with Crippen molar-refractivity contribution in [1.82, 2.24) is 20.4 Å². The van der Waals surface area contributed by atoms with Crippen molar-refractivity contribution in [2.24, 2.45) is 5.92 Å². The molecular weight excluding hydrogens is 380 g/mol. The van der Waals surface area contributed by atoms with Crippen LogP contribution in [0.4, 0.5) is 4.79 Å². The molecule has 2 atom stereocenters. The van der Waals surface area contributed by atoms with Crippen molar-refractivity contribution in [3.63, 3.8) is 0 Å². The van der Waals surface area contributed by atoms with E-state index in [2.05, 4.69) is 24.5 Å². The van der Waals surface area contributed by atoms with Gasteiger partial charge in [-0.2, -0.15) is 0 Å². The Bertz CT molecular complexity index is 876. The van der Waals surface area contributed by atoms with Crippen molar-refractivity contribution in [3.05, 3.63) is 47.2 Å². The predicted octanol–water partition coefficient (Wildman–Crippen LogP) is 2.56. The molecule has 4 amide bonds. The van der Waals surface area contributed by atoms with Crippen LogP contribution in [-0.4, -0.2) is 52.8 Å². The fourth-order valence-corrected chi connectivity index (χ4v) is 4.34. The lowest BCUT2D eigenvalue weighted by Gasteiger charge is -2.32. The standard InChI is InChI=1S/C23H30N4O3/c1-4-26-18-13-27(17(12-14(2)3)21(28)24-16-10-11-16)22(29)19(18)20(25-23(26)30)15-8-6-5-7-9-15/h5-9,14,16-17,20H,4,10-13H2,1-3H3,(H,24,28)(H,25,30)/t17-,20-/m1/s1. The Balaban J connectivity index is 1.68. The van der Waals surface area contributed by atoms with E-state index in [1.807, 2.05) is 37.3 Å². The Morgan fingerprint density at radius 1 is 1.20 bits per heavy atom. The molecule has 0 radical (unpaired) electrons. The van der Waals surface area contributed by atoms with E-state index >= 15 is 0 Å². The summed E-state index contributed by atoms with van der Waals surface area (Å²) in [5.41, 5.74) is 2.16. The van der Waals surface area contributed by atoms with Gasteiger partial charge in [0.25, 0.3) is 5.91 Å². The largest absolute Gasteiger partial charge is 0.352 e. The number of rotatable bonds is 7. The number of hydrogen-bond acceptors (Lipinski definition) is 3. The molecule has 2 aliphatic heterocycles. The summed E-state index contributed by atoms with van der Waals surface area (Å²) in [4.78, 5) is 42.7. The zero-order chi connectivity index (χ0) is 21.4. The highest BCUT2D eigenvalue weighted by molar-refractivity contribution is 6.03. The smallest absolute Gasteiger partial charge is 0.322 e. The monoisotopic (exact) mass is 410 g/mol. The van der Waals surface area contributed by atoms with E-state index in [0.717, 1.165) is 18.4 Å². The van der Waals surface area contributed by atoms with Crippen molar-refractivity contribution in [2.75, 3.05) is 13.1 Å². The topological polar surface area (TPSA) is 81.8 Å². The molecular formula is C23H30N4O3. The minimum atomic E-state index is -0.533. The Morgan fingerprint density at radius 2 is 1.90 bits per heavy atom. The molecule has 0 unspecified atom stereocenters. The van der Waals surface area contributed by atoms with Crippen LogP contribution >= 0.6 is 0 Å². The summed E-state index contributed by atoms with van der Waals surface area (Å²) in [6, 6.07) is 8.53. The fraction of sp³-hybridized carbons (Fsp3) is 0.522. The number of benzene rings is 1. The molecule has 3 aliphatic rings. The summed E-state index contributed by atoms with van der Waals surface area (Å²) in [7, 11) is 0. The first-order chi connectivity index (χ1) is 14.4. The van der Waals surface area contributed by atoms with Gasteiger partial charge in [-0.25, -0.2) is 4.79 Å². The van der Waals surface area contributed by atoms with Crippen LogP contribution in [0.15, 0.2) is 41.6 Å². The lowest BCUT2D eigenvalue weighted by molar-refractivity contribution is -0.137. The van der Waals surface area contributed by atoms with Crippen molar-refractivity contribution in [2.45, 2.75) is 58.2 Å². The summed E-state index contributed by atoms with van der Waals surface area (Å²) >= 11 is 0. The number of urea groups is 1. The van der Waals surface area contributed by atoms with E-state index in [-0.39, 0.29) is 36.3 Å². The number of amides is 4. The molecule has 160 valence electrons. The lowest BCUT2D eigenvalue weighted by atomic mass is 9.95. The molecule has 0 saturated heterocycles. The van der Waals surface area contributed by atoms with Crippen molar-refractivity contribution < 1.29 is 14.4 Å². The molecule has 1 aliphatic carbocycles. The third-order valence-corrected chi connectivity index (χ3v) is 6.00. The number of nitrogens with one attached hydrogen (secondary N) is 2. The molecule has 7 nitrogen and oxygen atoms in total. The predicted molar refractivity (Wildman–Crippen MR) is 113 cm³/mol. The van der Waals surface area contributed by atoms with Crippen LogP contribution < -0.4 is 10.6 Å². The van der Waals surface area contributed by atoms with E-state index < -0.39 is 12.1 Å². The minimum Gasteiger partial charge on any atom is -0.352 e. The van der Waals surface area contributed by atoms with Gasteiger partial charge in [-0.3, -0.25) is 14.5 Å². The van der Waals surface area contributed by atoms with Gasteiger partial charge < -0.3 is 15.5 Å².